The van der Waals surface area contributed by atoms with Crippen molar-refractivity contribution in [2.75, 3.05) is 22.6 Å². The number of hydrogen-bond acceptors (Lipinski definition) is 3. The summed E-state index contributed by atoms with van der Waals surface area (Å²) in [5, 5.41) is 6.75. The van der Waals surface area contributed by atoms with Crippen LogP contribution in [0.1, 0.15) is 19.4 Å². The van der Waals surface area contributed by atoms with Crippen LogP contribution in [0.25, 0.3) is 0 Å². The molecule has 0 atom stereocenters. The predicted molar refractivity (Wildman–Crippen MR) is 99.0 cm³/mol. The molecule has 0 saturated carbocycles. The number of nitrogens with zero attached hydrogens (tertiary/aromatic N) is 1. The van der Waals surface area contributed by atoms with Crippen molar-refractivity contribution in [1.29, 1.82) is 0 Å². The monoisotopic (exact) mass is 373 g/mol. The zero-order chi connectivity index (χ0) is 16.6. The molecule has 1 aliphatic heterocycles. The van der Waals surface area contributed by atoms with Crippen LogP contribution in [0.5, 0.6) is 0 Å². The van der Waals surface area contributed by atoms with Gasteiger partial charge in [-0.3, -0.25) is 4.79 Å². The highest BCUT2D eigenvalue weighted by Gasteiger charge is 2.38. The van der Waals surface area contributed by atoms with Crippen molar-refractivity contribution in [3.8, 4) is 0 Å². The number of amides is 1. The number of carbonyl (C=O) groups is 1. The highest BCUT2D eigenvalue weighted by atomic mass is 79.9. The molecule has 4 nitrogen and oxygen atoms in total. The van der Waals surface area contributed by atoms with Crippen LogP contribution < -0.4 is 15.5 Å². The molecular weight excluding hydrogens is 354 g/mol. The lowest BCUT2D eigenvalue weighted by molar-refractivity contribution is -0.121. The molecule has 0 spiro atoms. The second-order valence-corrected chi connectivity index (χ2v) is 7.11. The molecule has 120 valence electrons. The van der Waals surface area contributed by atoms with Gasteiger partial charge in [0, 0.05) is 29.3 Å². The van der Waals surface area contributed by atoms with Crippen molar-refractivity contribution < 1.29 is 4.79 Å². The Bertz CT molecular complexity index is 743. The second-order valence-electron chi connectivity index (χ2n) is 6.26. The maximum Gasteiger partial charge on any atom is 0.251 e. The minimum absolute atomic E-state index is 0.0593. The lowest BCUT2D eigenvalue weighted by Crippen LogP contribution is -2.52. The Balaban J connectivity index is 1.97. The summed E-state index contributed by atoms with van der Waals surface area (Å²) in [6, 6.07) is 14.1. The van der Waals surface area contributed by atoms with Gasteiger partial charge >= 0.3 is 0 Å². The maximum absolute atomic E-state index is 12.6. The highest BCUT2D eigenvalue weighted by Crippen LogP contribution is 2.40. The molecule has 2 aromatic carbocycles. The van der Waals surface area contributed by atoms with Gasteiger partial charge < -0.3 is 15.5 Å². The van der Waals surface area contributed by atoms with Crippen LogP contribution in [0.4, 0.5) is 17.1 Å². The first-order chi connectivity index (χ1) is 10.9. The summed E-state index contributed by atoms with van der Waals surface area (Å²) in [6.07, 6.45) is 0. The number of likely N-dealkylation sites (N-methyl/N-ethyl adjacent to an activating group) is 1. The Kier molecular flexibility index (Phi) is 4.06. The second kappa shape index (κ2) is 5.89. The Morgan fingerprint density at radius 2 is 1.87 bits per heavy atom. The van der Waals surface area contributed by atoms with Gasteiger partial charge in [-0.15, -0.1) is 0 Å². The largest absolute Gasteiger partial charge is 0.381 e. The van der Waals surface area contributed by atoms with Gasteiger partial charge in [-0.1, -0.05) is 34.1 Å². The Morgan fingerprint density at radius 1 is 1.17 bits per heavy atom. The van der Waals surface area contributed by atoms with Crippen LogP contribution >= 0.6 is 15.9 Å². The van der Waals surface area contributed by atoms with Crippen LogP contribution in [0.15, 0.2) is 46.9 Å². The third-order valence-corrected chi connectivity index (χ3v) is 4.83. The molecule has 0 aliphatic carbocycles. The van der Waals surface area contributed by atoms with Gasteiger partial charge in [0.15, 0.2) is 0 Å². The number of halogens is 1. The summed E-state index contributed by atoms with van der Waals surface area (Å²) in [5.74, 6) is 0.0593. The first kappa shape index (κ1) is 15.9. The normalized spacial score (nSPS) is 15.8. The molecule has 3 rings (SSSR count). The molecular formula is C18H20BrN3O. The van der Waals surface area contributed by atoms with E-state index in [9.17, 15) is 4.79 Å². The van der Waals surface area contributed by atoms with E-state index < -0.39 is 5.54 Å². The molecule has 0 aromatic heterocycles. The molecule has 0 fully saturated rings. The minimum Gasteiger partial charge on any atom is -0.381 e. The molecule has 1 aliphatic rings. The maximum atomic E-state index is 12.6. The summed E-state index contributed by atoms with van der Waals surface area (Å²) >= 11 is 3.62. The first-order valence-electron chi connectivity index (χ1n) is 7.57. The minimum atomic E-state index is -0.598. The van der Waals surface area contributed by atoms with E-state index in [-0.39, 0.29) is 5.91 Å². The van der Waals surface area contributed by atoms with Gasteiger partial charge in [0.25, 0.3) is 5.91 Å². The zero-order valence-corrected chi connectivity index (χ0v) is 15.1. The SMILES string of the molecule is CN1C(=O)C(C)(C)Nc2ccc(Br)c(CNc3ccccc3)c21. The van der Waals surface area contributed by atoms with Crippen molar-refractivity contribution in [2.24, 2.45) is 0 Å². The zero-order valence-electron chi connectivity index (χ0n) is 13.5. The van der Waals surface area contributed by atoms with E-state index in [2.05, 4.69) is 26.6 Å². The molecule has 0 radical (unpaired) electrons. The van der Waals surface area contributed by atoms with Crippen LogP contribution in [-0.4, -0.2) is 18.5 Å². The van der Waals surface area contributed by atoms with Gasteiger partial charge in [0.05, 0.1) is 11.4 Å². The Morgan fingerprint density at radius 3 is 2.57 bits per heavy atom. The fraction of sp³-hybridized carbons (Fsp3) is 0.278. The predicted octanol–water partition coefficient (Wildman–Crippen LogP) is 4.23. The van der Waals surface area contributed by atoms with Crippen LogP contribution in [-0.2, 0) is 11.3 Å². The van der Waals surface area contributed by atoms with Crippen LogP contribution in [0.3, 0.4) is 0 Å². The van der Waals surface area contributed by atoms with Crippen molar-refractivity contribution in [2.45, 2.75) is 25.9 Å². The van der Waals surface area contributed by atoms with Gasteiger partial charge in [0.2, 0.25) is 0 Å². The first-order valence-corrected chi connectivity index (χ1v) is 8.36. The third kappa shape index (κ3) is 2.93. The topological polar surface area (TPSA) is 44.4 Å². The molecule has 0 unspecified atom stereocenters. The van der Waals surface area contributed by atoms with E-state index >= 15 is 0 Å². The van der Waals surface area contributed by atoms with E-state index in [0.29, 0.717) is 6.54 Å². The molecule has 5 heteroatoms. The average Bonchev–Trinajstić information content (AvgIpc) is 2.53. The molecule has 0 saturated heterocycles. The van der Waals surface area contributed by atoms with Gasteiger partial charge in [0.1, 0.15) is 5.54 Å². The van der Waals surface area contributed by atoms with E-state index in [1.54, 1.807) is 4.90 Å². The summed E-state index contributed by atoms with van der Waals surface area (Å²) in [5.41, 5.74) is 3.41. The molecule has 1 amide bonds. The summed E-state index contributed by atoms with van der Waals surface area (Å²) in [4.78, 5) is 14.3. The Labute approximate surface area is 145 Å². The number of anilines is 3. The quantitative estimate of drug-likeness (QED) is 0.845. The highest BCUT2D eigenvalue weighted by molar-refractivity contribution is 9.10. The molecule has 1 heterocycles. The fourth-order valence-electron chi connectivity index (χ4n) is 2.92. The van der Waals surface area contributed by atoms with E-state index in [0.717, 1.165) is 27.1 Å². The fourth-order valence-corrected chi connectivity index (χ4v) is 3.38. The van der Waals surface area contributed by atoms with Crippen LogP contribution in [0, 0.1) is 0 Å². The molecule has 2 aromatic rings. The average molecular weight is 374 g/mol. The van der Waals surface area contributed by atoms with Crippen molar-refractivity contribution >= 4 is 38.9 Å². The smallest absolute Gasteiger partial charge is 0.251 e. The number of rotatable bonds is 3. The van der Waals surface area contributed by atoms with Gasteiger partial charge in [-0.05, 0) is 38.1 Å². The lowest BCUT2D eigenvalue weighted by Gasteiger charge is -2.39. The number of benzene rings is 2. The van der Waals surface area contributed by atoms with E-state index in [4.69, 9.17) is 0 Å². The van der Waals surface area contributed by atoms with E-state index in [1.807, 2.05) is 63.4 Å². The van der Waals surface area contributed by atoms with Gasteiger partial charge in [-0.2, -0.15) is 0 Å². The molecule has 2 N–H and O–H groups in total. The van der Waals surface area contributed by atoms with Crippen LogP contribution in [0.2, 0.25) is 0 Å². The number of hydrogen-bond donors (Lipinski definition) is 2. The number of para-hydroxylation sites is 1. The number of fused-ring (bicyclic) bond motifs is 1. The molecule has 0 bridgehead atoms. The third-order valence-electron chi connectivity index (χ3n) is 4.09. The number of nitrogens with one attached hydrogen (secondary N) is 2. The lowest BCUT2D eigenvalue weighted by atomic mass is 9.96. The molecule has 23 heavy (non-hydrogen) atoms. The standard InChI is InChI=1S/C18H20BrN3O/c1-18(2)17(23)22(3)16-13(14(19)9-10-15(16)21-18)11-20-12-7-5-4-6-8-12/h4-10,20-21H,11H2,1-3H3. The number of carbonyl (C=O) groups excluding carboxylic acids is 1. The summed E-state index contributed by atoms with van der Waals surface area (Å²) in [6.45, 7) is 4.44. The van der Waals surface area contributed by atoms with Crippen molar-refractivity contribution in [1.82, 2.24) is 0 Å². The summed E-state index contributed by atoms with van der Waals surface area (Å²) in [7, 11) is 1.84. The summed E-state index contributed by atoms with van der Waals surface area (Å²) < 4.78 is 0.987. The van der Waals surface area contributed by atoms with Crippen molar-refractivity contribution in [3.63, 3.8) is 0 Å². The van der Waals surface area contributed by atoms with E-state index in [1.165, 1.54) is 0 Å². The van der Waals surface area contributed by atoms with Gasteiger partial charge in [-0.25, -0.2) is 0 Å². The van der Waals surface area contributed by atoms with Crippen molar-refractivity contribution in [3.05, 3.63) is 52.5 Å². The Hall–Kier alpha value is -2.01.